The van der Waals surface area contributed by atoms with Crippen LogP contribution in [0.2, 0.25) is 0 Å². The Labute approximate surface area is 95.0 Å². The van der Waals surface area contributed by atoms with Crippen molar-refractivity contribution in [1.29, 1.82) is 0 Å². The van der Waals surface area contributed by atoms with Gasteiger partial charge >= 0.3 is 5.97 Å². The number of esters is 1. The number of unbranched alkanes of at least 4 members (excludes halogenated alkanes) is 1. The highest BCUT2D eigenvalue weighted by Gasteiger charge is 2.20. The first-order chi connectivity index (χ1) is 7.65. The van der Waals surface area contributed by atoms with Crippen LogP contribution < -0.4 is 0 Å². The van der Waals surface area contributed by atoms with E-state index in [-0.39, 0.29) is 5.97 Å². The number of carbonyl (C=O) groups excluding carboxylic acids is 2. The average molecular weight is 223 g/mol. The highest BCUT2D eigenvalue weighted by atomic mass is 16.5. The maximum Gasteiger partial charge on any atom is 0.339 e. The lowest BCUT2D eigenvalue weighted by atomic mass is 10.1. The number of aryl methyl sites for hydroxylation is 1. The lowest BCUT2D eigenvalue weighted by Crippen LogP contribution is -2.05. The van der Waals surface area contributed by atoms with Crippen LogP contribution in [0.5, 0.6) is 0 Å². The fourth-order valence-corrected chi connectivity index (χ4v) is 1.72. The number of rotatable bonds is 5. The molecule has 1 heterocycles. The molecular weight excluding hydrogens is 206 g/mol. The molecule has 0 saturated carbocycles. The van der Waals surface area contributed by atoms with E-state index in [1.54, 1.807) is 6.92 Å². The molecule has 1 rings (SSSR count). The number of methoxy groups -OCH3 is 1. The van der Waals surface area contributed by atoms with Crippen LogP contribution in [0.15, 0.2) is 0 Å². The van der Waals surface area contributed by atoms with E-state index in [0.29, 0.717) is 16.8 Å². The minimum Gasteiger partial charge on any atom is -0.465 e. The number of aromatic amines is 1. The van der Waals surface area contributed by atoms with Crippen molar-refractivity contribution in [2.75, 3.05) is 7.11 Å². The van der Waals surface area contributed by atoms with Gasteiger partial charge in [-0.05, 0) is 25.3 Å². The second-order valence-electron chi connectivity index (χ2n) is 3.73. The Morgan fingerprint density at radius 1 is 1.50 bits per heavy atom. The SMILES string of the molecule is CCCCc1[nH]c(C=O)c(C)c1C(=O)OC. The summed E-state index contributed by atoms with van der Waals surface area (Å²) in [6.45, 7) is 3.83. The van der Waals surface area contributed by atoms with E-state index in [9.17, 15) is 9.59 Å². The van der Waals surface area contributed by atoms with Crippen molar-refractivity contribution in [3.8, 4) is 0 Å². The van der Waals surface area contributed by atoms with Gasteiger partial charge in [0.2, 0.25) is 0 Å². The predicted octanol–water partition coefficient (Wildman–Crippen LogP) is 2.26. The summed E-state index contributed by atoms with van der Waals surface area (Å²) in [6, 6.07) is 0. The van der Waals surface area contributed by atoms with E-state index in [1.807, 2.05) is 0 Å². The van der Waals surface area contributed by atoms with E-state index in [1.165, 1.54) is 7.11 Å². The van der Waals surface area contributed by atoms with Gasteiger partial charge in [0.1, 0.15) is 0 Å². The minimum atomic E-state index is -0.382. The fraction of sp³-hybridized carbons (Fsp3) is 0.500. The summed E-state index contributed by atoms with van der Waals surface area (Å²) >= 11 is 0. The van der Waals surface area contributed by atoms with Gasteiger partial charge in [-0.15, -0.1) is 0 Å². The number of ether oxygens (including phenoxy) is 1. The third kappa shape index (κ3) is 2.32. The lowest BCUT2D eigenvalue weighted by Gasteiger charge is -2.02. The third-order valence-corrected chi connectivity index (χ3v) is 2.65. The Balaban J connectivity index is 3.13. The van der Waals surface area contributed by atoms with Gasteiger partial charge in [0.25, 0.3) is 0 Å². The zero-order valence-electron chi connectivity index (χ0n) is 9.92. The first-order valence-corrected chi connectivity index (χ1v) is 5.40. The molecule has 88 valence electrons. The summed E-state index contributed by atoms with van der Waals surface area (Å²) in [5, 5.41) is 0. The molecule has 4 nitrogen and oxygen atoms in total. The molecule has 0 aliphatic heterocycles. The van der Waals surface area contributed by atoms with Crippen molar-refractivity contribution in [3.05, 3.63) is 22.5 Å². The zero-order chi connectivity index (χ0) is 12.1. The molecule has 1 N–H and O–H groups in total. The molecule has 0 radical (unpaired) electrons. The van der Waals surface area contributed by atoms with Crippen LogP contribution in [0.25, 0.3) is 0 Å². The van der Waals surface area contributed by atoms with Gasteiger partial charge in [-0.25, -0.2) is 4.79 Å². The second-order valence-corrected chi connectivity index (χ2v) is 3.73. The number of carbonyl (C=O) groups is 2. The first kappa shape index (κ1) is 12.5. The van der Waals surface area contributed by atoms with Crippen LogP contribution in [-0.2, 0) is 11.2 Å². The summed E-state index contributed by atoms with van der Waals surface area (Å²) in [7, 11) is 1.35. The number of aromatic nitrogens is 1. The maximum atomic E-state index is 11.6. The quantitative estimate of drug-likeness (QED) is 0.615. The monoisotopic (exact) mass is 223 g/mol. The molecule has 0 aliphatic carbocycles. The van der Waals surface area contributed by atoms with Crippen molar-refractivity contribution < 1.29 is 14.3 Å². The van der Waals surface area contributed by atoms with Crippen LogP contribution in [0, 0.1) is 6.92 Å². The van der Waals surface area contributed by atoms with Crippen molar-refractivity contribution in [2.45, 2.75) is 33.1 Å². The smallest absolute Gasteiger partial charge is 0.339 e. The van der Waals surface area contributed by atoms with E-state index >= 15 is 0 Å². The molecule has 0 unspecified atom stereocenters. The van der Waals surface area contributed by atoms with E-state index in [0.717, 1.165) is 31.2 Å². The lowest BCUT2D eigenvalue weighted by molar-refractivity contribution is 0.0599. The molecule has 1 aromatic rings. The second kappa shape index (κ2) is 5.49. The molecule has 0 fully saturated rings. The van der Waals surface area contributed by atoms with E-state index in [2.05, 4.69) is 11.9 Å². The third-order valence-electron chi connectivity index (χ3n) is 2.65. The minimum absolute atomic E-state index is 0.382. The van der Waals surface area contributed by atoms with Gasteiger partial charge < -0.3 is 9.72 Å². The number of hydrogen-bond donors (Lipinski definition) is 1. The van der Waals surface area contributed by atoms with Crippen LogP contribution in [0.3, 0.4) is 0 Å². The molecule has 16 heavy (non-hydrogen) atoms. The van der Waals surface area contributed by atoms with Crippen LogP contribution in [0.1, 0.15) is 51.9 Å². The van der Waals surface area contributed by atoms with Crippen molar-refractivity contribution in [1.82, 2.24) is 4.98 Å². The van der Waals surface area contributed by atoms with Crippen molar-refractivity contribution in [2.24, 2.45) is 0 Å². The zero-order valence-corrected chi connectivity index (χ0v) is 9.92. The van der Waals surface area contributed by atoms with Gasteiger partial charge in [-0.1, -0.05) is 13.3 Å². The molecule has 1 aromatic heterocycles. The number of H-pyrrole nitrogens is 1. The van der Waals surface area contributed by atoms with Gasteiger partial charge in [0.15, 0.2) is 6.29 Å². The molecule has 0 amide bonds. The molecule has 0 spiro atoms. The largest absolute Gasteiger partial charge is 0.465 e. The molecular formula is C12H17NO3. The Hall–Kier alpha value is -1.58. The topological polar surface area (TPSA) is 59.2 Å². The summed E-state index contributed by atoms with van der Waals surface area (Å²) < 4.78 is 4.72. The Morgan fingerprint density at radius 3 is 2.69 bits per heavy atom. The molecule has 0 bridgehead atoms. The van der Waals surface area contributed by atoms with Gasteiger partial charge in [-0.2, -0.15) is 0 Å². The highest BCUT2D eigenvalue weighted by molar-refractivity contribution is 5.95. The Morgan fingerprint density at radius 2 is 2.19 bits per heavy atom. The predicted molar refractivity (Wildman–Crippen MR) is 60.9 cm³/mol. The summed E-state index contributed by atoms with van der Waals surface area (Å²) in [4.78, 5) is 25.4. The van der Waals surface area contributed by atoms with Crippen LogP contribution in [-0.4, -0.2) is 24.3 Å². The summed E-state index contributed by atoms with van der Waals surface area (Å²) in [5.74, 6) is -0.382. The van der Waals surface area contributed by atoms with Crippen LogP contribution >= 0.6 is 0 Å². The normalized spacial score (nSPS) is 10.2. The van der Waals surface area contributed by atoms with Crippen LogP contribution in [0.4, 0.5) is 0 Å². The van der Waals surface area contributed by atoms with Gasteiger partial charge in [-0.3, -0.25) is 4.79 Å². The van der Waals surface area contributed by atoms with Gasteiger partial charge in [0.05, 0.1) is 18.4 Å². The number of aldehydes is 1. The Bertz CT molecular complexity index is 393. The summed E-state index contributed by atoms with van der Waals surface area (Å²) in [6.07, 6.45) is 3.50. The first-order valence-electron chi connectivity index (χ1n) is 5.40. The van der Waals surface area contributed by atoms with Crippen molar-refractivity contribution >= 4 is 12.3 Å². The average Bonchev–Trinajstić information content (AvgIpc) is 2.62. The van der Waals surface area contributed by atoms with Crippen molar-refractivity contribution in [3.63, 3.8) is 0 Å². The molecule has 0 aromatic carbocycles. The number of nitrogens with one attached hydrogen (secondary N) is 1. The number of hydrogen-bond acceptors (Lipinski definition) is 3. The highest BCUT2D eigenvalue weighted by Crippen LogP contribution is 2.20. The standard InChI is InChI=1S/C12H17NO3/c1-4-5-6-9-11(12(15)16-3)8(2)10(7-14)13-9/h7,13H,4-6H2,1-3H3. The van der Waals surface area contributed by atoms with E-state index < -0.39 is 0 Å². The molecule has 0 aliphatic rings. The maximum absolute atomic E-state index is 11.6. The fourth-order valence-electron chi connectivity index (χ4n) is 1.72. The Kier molecular flexibility index (Phi) is 4.28. The summed E-state index contributed by atoms with van der Waals surface area (Å²) in [5.41, 5.74) is 2.45. The van der Waals surface area contributed by atoms with Gasteiger partial charge in [0, 0.05) is 5.69 Å². The molecule has 0 atom stereocenters. The molecule has 4 heteroatoms. The van der Waals surface area contributed by atoms with E-state index in [4.69, 9.17) is 4.74 Å². The molecule has 0 saturated heterocycles.